The van der Waals surface area contributed by atoms with Crippen molar-refractivity contribution >= 4 is 17.3 Å². The average Bonchev–Trinajstić information content (AvgIpc) is 3.36. The van der Waals surface area contributed by atoms with Crippen molar-refractivity contribution in [1.29, 1.82) is 0 Å². The molecular formula is C25H28N2O. The molecule has 5 unspecified atom stereocenters. The minimum absolute atomic E-state index is 0.200. The van der Waals surface area contributed by atoms with Crippen LogP contribution in [0.5, 0.6) is 0 Å². The lowest BCUT2D eigenvalue weighted by atomic mass is 9.68. The minimum atomic E-state index is 0.200. The number of hydrogen-bond acceptors (Lipinski definition) is 2. The van der Waals surface area contributed by atoms with Crippen LogP contribution in [0.2, 0.25) is 0 Å². The summed E-state index contributed by atoms with van der Waals surface area (Å²) in [6.45, 7) is 2.16. The summed E-state index contributed by atoms with van der Waals surface area (Å²) < 4.78 is 0. The van der Waals surface area contributed by atoms with E-state index < -0.39 is 0 Å². The van der Waals surface area contributed by atoms with Crippen LogP contribution in [0.25, 0.3) is 0 Å². The number of benzene rings is 2. The molecule has 0 aromatic heterocycles. The van der Waals surface area contributed by atoms with E-state index in [0.29, 0.717) is 17.9 Å². The Kier molecular flexibility index (Phi) is 3.63. The second-order valence-electron chi connectivity index (χ2n) is 9.53. The predicted molar refractivity (Wildman–Crippen MR) is 112 cm³/mol. The van der Waals surface area contributed by atoms with Gasteiger partial charge in [-0.2, -0.15) is 0 Å². The van der Waals surface area contributed by atoms with Crippen molar-refractivity contribution in [2.45, 2.75) is 51.0 Å². The first kappa shape index (κ1) is 16.6. The quantitative estimate of drug-likeness (QED) is 0.732. The van der Waals surface area contributed by atoms with Crippen LogP contribution in [0.1, 0.15) is 60.8 Å². The first-order chi connectivity index (χ1) is 13.7. The van der Waals surface area contributed by atoms with Gasteiger partial charge in [-0.15, -0.1) is 0 Å². The Morgan fingerprint density at radius 3 is 2.57 bits per heavy atom. The zero-order valence-electron chi connectivity index (χ0n) is 16.4. The fourth-order valence-corrected chi connectivity index (χ4v) is 6.26. The van der Waals surface area contributed by atoms with Crippen molar-refractivity contribution in [3.05, 3.63) is 59.2 Å². The number of carbonyl (C=O) groups excluding carboxylic acids is 1. The zero-order valence-corrected chi connectivity index (χ0v) is 16.4. The van der Waals surface area contributed by atoms with Crippen LogP contribution < -0.4 is 10.6 Å². The molecule has 3 saturated carbocycles. The van der Waals surface area contributed by atoms with E-state index in [-0.39, 0.29) is 11.8 Å². The predicted octanol–water partition coefficient (Wildman–Crippen LogP) is 5.64. The Labute approximate surface area is 166 Å². The molecule has 28 heavy (non-hydrogen) atoms. The zero-order chi connectivity index (χ0) is 18.8. The second kappa shape index (κ2) is 6.10. The molecular weight excluding hydrogens is 344 g/mol. The average molecular weight is 373 g/mol. The first-order valence-electron chi connectivity index (χ1n) is 11.0. The van der Waals surface area contributed by atoms with Crippen LogP contribution in [-0.4, -0.2) is 5.91 Å². The lowest BCUT2D eigenvalue weighted by molar-refractivity contribution is -0.117. The number of hydrogen-bond donors (Lipinski definition) is 2. The minimum Gasteiger partial charge on any atom is -0.378 e. The SMILES string of the molecule is Cc1ccc(C2Nc3ccc(NC(=O)C4CC4)cc3C3C4CCC(C4)C23)cc1. The Bertz CT molecular complexity index is 930. The normalized spacial score (nSPS) is 32.4. The van der Waals surface area contributed by atoms with Gasteiger partial charge < -0.3 is 10.6 Å². The molecule has 1 amide bonds. The summed E-state index contributed by atoms with van der Waals surface area (Å²) in [4.78, 5) is 12.2. The molecule has 1 aliphatic heterocycles. The third kappa shape index (κ3) is 2.59. The van der Waals surface area contributed by atoms with Crippen molar-refractivity contribution in [3.63, 3.8) is 0 Å². The van der Waals surface area contributed by atoms with Crippen molar-refractivity contribution in [1.82, 2.24) is 0 Å². The molecule has 5 atom stereocenters. The summed E-state index contributed by atoms with van der Waals surface area (Å²) in [5.41, 5.74) is 6.43. The largest absolute Gasteiger partial charge is 0.378 e. The first-order valence-corrected chi connectivity index (χ1v) is 11.0. The van der Waals surface area contributed by atoms with E-state index in [1.165, 1.54) is 41.6 Å². The topological polar surface area (TPSA) is 41.1 Å². The van der Waals surface area contributed by atoms with Gasteiger partial charge in [0.2, 0.25) is 5.91 Å². The van der Waals surface area contributed by atoms with Gasteiger partial charge >= 0.3 is 0 Å². The third-order valence-electron chi connectivity index (χ3n) is 7.74. The lowest BCUT2D eigenvalue weighted by Crippen LogP contribution is -2.35. The molecule has 3 aliphatic carbocycles. The highest BCUT2D eigenvalue weighted by Gasteiger charge is 2.53. The number of amides is 1. The van der Waals surface area contributed by atoms with Crippen LogP contribution >= 0.6 is 0 Å². The van der Waals surface area contributed by atoms with Crippen molar-refractivity contribution in [2.75, 3.05) is 10.6 Å². The van der Waals surface area contributed by atoms with Gasteiger partial charge in [0.25, 0.3) is 0 Å². The van der Waals surface area contributed by atoms with Gasteiger partial charge in [0, 0.05) is 17.3 Å². The Morgan fingerprint density at radius 1 is 1.00 bits per heavy atom. The van der Waals surface area contributed by atoms with Gasteiger partial charge in [-0.05, 0) is 92.0 Å². The Morgan fingerprint density at radius 2 is 1.79 bits per heavy atom. The van der Waals surface area contributed by atoms with Gasteiger partial charge in [0.15, 0.2) is 0 Å². The van der Waals surface area contributed by atoms with E-state index in [1.54, 1.807) is 0 Å². The van der Waals surface area contributed by atoms with Crippen LogP contribution in [0.4, 0.5) is 11.4 Å². The molecule has 0 saturated heterocycles. The summed E-state index contributed by atoms with van der Waals surface area (Å²) in [6.07, 6.45) is 6.21. The van der Waals surface area contributed by atoms with Crippen LogP contribution in [0, 0.1) is 30.6 Å². The summed E-state index contributed by atoms with van der Waals surface area (Å²) in [5.74, 6) is 3.37. The van der Waals surface area contributed by atoms with E-state index in [9.17, 15) is 4.79 Å². The van der Waals surface area contributed by atoms with E-state index in [1.807, 2.05) is 0 Å². The third-order valence-corrected chi connectivity index (χ3v) is 7.74. The molecule has 3 nitrogen and oxygen atoms in total. The molecule has 4 aliphatic rings. The fourth-order valence-electron chi connectivity index (χ4n) is 6.26. The highest BCUT2D eigenvalue weighted by molar-refractivity contribution is 5.94. The molecule has 3 heteroatoms. The maximum Gasteiger partial charge on any atom is 0.227 e. The maximum atomic E-state index is 12.2. The molecule has 2 bridgehead atoms. The summed E-state index contributed by atoms with van der Waals surface area (Å²) in [7, 11) is 0. The highest BCUT2D eigenvalue weighted by Crippen LogP contribution is 2.63. The smallest absolute Gasteiger partial charge is 0.227 e. The number of rotatable bonds is 3. The van der Waals surface area contributed by atoms with E-state index in [0.717, 1.165) is 30.4 Å². The van der Waals surface area contributed by atoms with Gasteiger partial charge in [0.1, 0.15) is 0 Å². The van der Waals surface area contributed by atoms with Gasteiger partial charge in [-0.3, -0.25) is 4.79 Å². The Hall–Kier alpha value is -2.29. The van der Waals surface area contributed by atoms with Crippen molar-refractivity contribution in [2.24, 2.45) is 23.7 Å². The number of carbonyl (C=O) groups is 1. The number of anilines is 2. The summed E-state index contributed by atoms with van der Waals surface area (Å²) in [6, 6.07) is 16.0. The van der Waals surface area contributed by atoms with Crippen LogP contribution in [0.15, 0.2) is 42.5 Å². The molecule has 0 spiro atoms. The Balaban J connectivity index is 1.38. The van der Waals surface area contributed by atoms with Crippen LogP contribution in [0.3, 0.4) is 0 Å². The monoisotopic (exact) mass is 372 g/mol. The number of nitrogens with one attached hydrogen (secondary N) is 2. The molecule has 144 valence electrons. The molecule has 2 aromatic carbocycles. The molecule has 6 rings (SSSR count). The molecule has 2 N–H and O–H groups in total. The molecule has 2 aromatic rings. The second-order valence-corrected chi connectivity index (χ2v) is 9.53. The fraction of sp³-hybridized carbons (Fsp3) is 0.480. The van der Waals surface area contributed by atoms with Gasteiger partial charge in [-0.25, -0.2) is 0 Å². The van der Waals surface area contributed by atoms with Gasteiger partial charge in [0.05, 0.1) is 6.04 Å². The van der Waals surface area contributed by atoms with E-state index in [2.05, 4.69) is 60.0 Å². The summed E-state index contributed by atoms with van der Waals surface area (Å²) in [5, 5.41) is 7.05. The van der Waals surface area contributed by atoms with Crippen LogP contribution in [-0.2, 0) is 4.79 Å². The standard InChI is InChI=1S/C25H28N2O/c1-14-2-4-15(5-3-14)24-23-18-9-8-17(12-18)22(23)20-13-19(10-11-21(20)27-24)26-25(28)16-6-7-16/h2-5,10-11,13,16-18,22-24,27H,6-9,12H2,1H3,(H,26,28). The number of fused-ring (bicyclic) bond motifs is 7. The van der Waals surface area contributed by atoms with E-state index >= 15 is 0 Å². The molecule has 0 radical (unpaired) electrons. The molecule has 3 fully saturated rings. The molecule has 1 heterocycles. The van der Waals surface area contributed by atoms with Crippen molar-refractivity contribution < 1.29 is 4.79 Å². The van der Waals surface area contributed by atoms with Gasteiger partial charge in [-0.1, -0.05) is 29.8 Å². The lowest BCUT2D eigenvalue weighted by Gasteiger charge is -2.43. The van der Waals surface area contributed by atoms with E-state index in [4.69, 9.17) is 0 Å². The number of aryl methyl sites for hydroxylation is 1. The summed E-state index contributed by atoms with van der Waals surface area (Å²) >= 11 is 0. The highest BCUT2D eigenvalue weighted by atomic mass is 16.2. The maximum absolute atomic E-state index is 12.2. The van der Waals surface area contributed by atoms with Crippen molar-refractivity contribution in [3.8, 4) is 0 Å².